The Hall–Kier alpha value is -0.570. The number of likely N-dealkylation sites (tertiary alicyclic amines) is 1. The van der Waals surface area contributed by atoms with Crippen LogP contribution in [0.2, 0.25) is 0 Å². The molecule has 1 rings (SSSR count). The lowest BCUT2D eigenvalue weighted by molar-refractivity contribution is -0.121. The maximum atomic E-state index is 11.2. The molecule has 0 aromatic heterocycles. The summed E-state index contributed by atoms with van der Waals surface area (Å²) in [6.07, 6.45) is 4.23. The van der Waals surface area contributed by atoms with Crippen molar-refractivity contribution in [3.05, 3.63) is 0 Å². The molecule has 1 saturated heterocycles. The van der Waals surface area contributed by atoms with E-state index in [2.05, 4.69) is 17.3 Å². The number of hydrogen-bond donors (Lipinski definition) is 1. The number of carbonyl (C=O) groups is 1. The minimum Gasteiger partial charge on any atom is -0.352 e. The van der Waals surface area contributed by atoms with Gasteiger partial charge in [-0.05, 0) is 26.4 Å². The summed E-state index contributed by atoms with van der Waals surface area (Å²) in [5.41, 5.74) is 0. The summed E-state index contributed by atoms with van der Waals surface area (Å²) >= 11 is 0. The van der Waals surface area contributed by atoms with Gasteiger partial charge in [-0.15, -0.1) is 0 Å². The smallest absolute Gasteiger partial charge is 0.219 e. The lowest BCUT2D eigenvalue weighted by Crippen LogP contribution is -2.41. The van der Waals surface area contributed by atoms with Gasteiger partial charge in [-0.2, -0.15) is 0 Å². The zero-order valence-corrected chi connectivity index (χ0v) is 8.68. The third-order valence-electron chi connectivity index (χ3n) is 2.56. The molecule has 0 saturated carbocycles. The van der Waals surface area contributed by atoms with Crippen LogP contribution < -0.4 is 5.32 Å². The third-order valence-corrected chi connectivity index (χ3v) is 2.56. The van der Waals surface area contributed by atoms with Crippen molar-refractivity contribution in [2.24, 2.45) is 0 Å². The van der Waals surface area contributed by atoms with Crippen molar-refractivity contribution in [2.45, 2.75) is 38.6 Å². The van der Waals surface area contributed by atoms with Gasteiger partial charge in [0.1, 0.15) is 0 Å². The standard InChI is InChI=1S/C10H20N2O/c1-3-10(13)11-9-6-4-5-7-12(2)8-9/h9H,3-8H2,1-2H3,(H,11,13). The summed E-state index contributed by atoms with van der Waals surface area (Å²) in [7, 11) is 2.12. The molecule has 1 aliphatic rings. The van der Waals surface area contributed by atoms with Crippen molar-refractivity contribution >= 4 is 5.91 Å². The molecule has 1 N–H and O–H groups in total. The van der Waals surface area contributed by atoms with Crippen LogP contribution >= 0.6 is 0 Å². The number of rotatable bonds is 2. The molecule has 0 bridgehead atoms. The summed E-state index contributed by atoms with van der Waals surface area (Å²) < 4.78 is 0. The topological polar surface area (TPSA) is 32.3 Å². The van der Waals surface area contributed by atoms with E-state index in [1.165, 1.54) is 19.4 Å². The van der Waals surface area contributed by atoms with Crippen LogP contribution in [0.3, 0.4) is 0 Å². The molecule has 13 heavy (non-hydrogen) atoms. The molecule has 3 nitrogen and oxygen atoms in total. The van der Waals surface area contributed by atoms with E-state index in [0.717, 1.165) is 13.0 Å². The Morgan fingerprint density at radius 3 is 3.00 bits per heavy atom. The summed E-state index contributed by atoms with van der Waals surface area (Å²) in [5.74, 6) is 0.181. The molecule has 1 amide bonds. The first kappa shape index (κ1) is 10.5. The minimum atomic E-state index is 0.181. The van der Waals surface area contributed by atoms with Crippen LogP contribution in [0, 0.1) is 0 Å². The molecule has 1 fully saturated rings. The van der Waals surface area contributed by atoms with Gasteiger partial charge in [0.15, 0.2) is 0 Å². The van der Waals surface area contributed by atoms with Gasteiger partial charge in [-0.1, -0.05) is 13.3 Å². The molecule has 1 aliphatic heterocycles. The fourth-order valence-electron chi connectivity index (χ4n) is 1.78. The summed E-state index contributed by atoms with van der Waals surface area (Å²) in [5, 5.41) is 3.06. The van der Waals surface area contributed by atoms with Crippen LogP contribution in [-0.2, 0) is 4.79 Å². The van der Waals surface area contributed by atoms with Gasteiger partial charge in [-0.25, -0.2) is 0 Å². The van der Waals surface area contributed by atoms with Crippen LogP contribution in [0.4, 0.5) is 0 Å². The molecule has 0 aromatic rings. The van der Waals surface area contributed by atoms with E-state index in [0.29, 0.717) is 12.5 Å². The lowest BCUT2D eigenvalue weighted by atomic mass is 10.1. The van der Waals surface area contributed by atoms with Crippen molar-refractivity contribution in [3.8, 4) is 0 Å². The van der Waals surface area contributed by atoms with Gasteiger partial charge in [0.2, 0.25) is 5.91 Å². The van der Waals surface area contributed by atoms with Crippen LogP contribution in [0.25, 0.3) is 0 Å². The number of likely N-dealkylation sites (N-methyl/N-ethyl adjacent to an activating group) is 1. The van der Waals surface area contributed by atoms with Crippen molar-refractivity contribution in [2.75, 3.05) is 20.1 Å². The maximum Gasteiger partial charge on any atom is 0.219 e. The lowest BCUT2D eigenvalue weighted by Gasteiger charge is -2.20. The number of amides is 1. The van der Waals surface area contributed by atoms with Crippen LogP contribution in [0.15, 0.2) is 0 Å². The molecule has 1 atom stereocenters. The predicted octanol–water partition coefficient (Wildman–Crippen LogP) is 0.997. The Morgan fingerprint density at radius 1 is 1.54 bits per heavy atom. The van der Waals surface area contributed by atoms with Gasteiger partial charge >= 0.3 is 0 Å². The second kappa shape index (κ2) is 5.22. The number of carbonyl (C=O) groups excluding carboxylic acids is 1. The second-order valence-electron chi connectivity index (χ2n) is 3.88. The van der Waals surface area contributed by atoms with Gasteiger partial charge < -0.3 is 10.2 Å². The van der Waals surface area contributed by atoms with Gasteiger partial charge in [0, 0.05) is 19.0 Å². The number of nitrogens with one attached hydrogen (secondary N) is 1. The summed E-state index contributed by atoms with van der Waals surface area (Å²) in [6, 6.07) is 0.375. The van der Waals surface area contributed by atoms with Crippen molar-refractivity contribution in [1.29, 1.82) is 0 Å². The van der Waals surface area contributed by atoms with E-state index in [1.807, 2.05) is 6.92 Å². The maximum absolute atomic E-state index is 11.2. The fourth-order valence-corrected chi connectivity index (χ4v) is 1.78. The first-order valence-electron chi connectivity index (χ1n) is 5.20. The molecule has 0 aliphatic carbocycles. The van der Waals surface area contributed by atoms with Crippen LogP contribution in [0.5, 0.6) is 0 Å². The molecular weight excluding hydrogens is 164 g/mol. The molecule has 0 spiro atoms. The average Bonchev–Trinajstić information content (AvgIpc) is 2.30. The van der Waals surface area contributed by atoms with E-state index < -0.39 is 0 Å². The highest BCUT2D eigenvalue weighted by Gasteiger charge is 2.16. The summed E-state index contributed by atoms with van der Waals surface area (Å²) in [4.78, 5) is 13.5. The zero-order valence-electron chi connectivity index (χ0n) is 8.68. The van der Waals surface area contributed by atoms with Gasteiger partial charge in [-0.3, -0.25) is 4.79 Å². The van der Waals surface area contributed by atoms with Crippen molar-refractivity contribution < 1.29 is 4.79 Å². The van der Waals surface area contributed by atoms with Crippen molar-refractivity contribution in [1.82, 2.24) is 10.2 Å². The zero-order chi connectivity index (χ0) is 9.68. The molecule has 0 radical (unpaired) electrons. The Bertz CT molecular complexity index is 170. The highest BCUT2D eigenvalue weighted by Crippen LogP contribution is 2.08. The molecule has 1 heterocycles. The average molecular weight is 184 g/mol. The molecule has 76 valence electrons. The third kappa shape index (κ3) is 3.77. The highest BCUT2D eigenvalue weighted by atomic mass is 16.1. The fraction of sp³-hybridized carbons (Fsp3) is 0.900. The SMILES string of the molecule is CCC(=O)NC1CCCCN(C)C1. The Morgan fingerprint density at radius 2 is 2.31 bits per heavy atom. The minimum absolute atomic E-state index is 0.181. The molecular formula is C10H20N2O. The Kier molecular flexibility index (Phi) is 4.22. The second-order valence-corrected chi connectivity index (χ2v) is 3.88. The van der Waals surface area contributed by atoms with Crippen molar-refractivity contribution in [3.63, 3.8) is 0 Å². The largest absolute Gasteiger partial charge is 0.352 e. The van der Waals surface area contributed by atoms with E-state index in [4.69, 9.17) is 0 Å². The van der Waals surface area contributed by atoms with Crippen LogP contribution in [-0.4, -0.2) is 37.0 Å². The monoisotopic (exact) mass is 184 g/mol. The first-order chi connectivity index (χ1) is 6.22. The highest BCUT2D eigenvalue weighted by molar-refractivity contribution is 5.75. The van der Waals surface area contributed by atoms with E-state index in [-0.39, 0.29) is 5.91 Å². The first-order valence-corrected chi connectivity index (χ1v) is 5.20. The van der Waals surface area contributed by atoms with Gasteiger partial charge in [0.25, 0.3) is 0 Å². The molecule has 0 aromatic carbocycles. The Balaban J connectivity index is 2.34. The number of hydrogen-bond acceptors (Lipinski definition) is 2. The quantitative estimate of drug-likeness (QED) is 0.694. The van der Waals surface area contributed by atoms with E-state index in [9.17, 15) is 4.79 Å². The van der Waals surface area contributed by atoms with E-state index >= 15 is 0 Å². The predicted molar refractivity (Wildman–Crippen MR) is 53.6 cm³/mol. The summed E-state index contributed by atoms with van der Waals surface area (Å²) in [6.45, 7) is 4.07. The molecule has 3 heteroatoms. The van der Waals surface area contributed by atoms with E-state index in [1.54, 1.807) is 0 Å². The Labute approximate surface area is 80.5 Å². The van der Waals surface area contributed by atoms with Gasteiger partial charge in [0.05, 0.1) is 0 Å². The normalized spacial score (nSPS) is 25.2. The number of nitrogens with zero attached hydrogens (tertiary/aromatic N) is 1. The van der Waals surface area contributed by atoms with Crippen LogP contribution in [0.1, 0.15) is 32.6 Å². The molecule has 1 unspecified atom stereocenters.